The number of benzene rings is 1. The molecule has 0 heterocycles. The van der Waals surface area contributed by atoms with E-state index in [1.54, 1.807) is 11.9 Å². The number of aryl methyl sites for hydroxylation is 1. The summed E-state index contributed by atoms with van der Waals surface area (Å²) < 4.78 is 0. The standard InChI is InChI=1S/C17H25NO3/c1-4-14-7-9-15(10-8-14)13(2)12-16(19)18(3)11-5-6-17(20)21/h7-10,13H,4-6,11-12H2,1-3H3,(H,20,21). The molecule has 1 amide bonds. The normalized spacial score (nSPS) is 12.0. The molecule has 1 atom stereocenters. The Labute approximate surface area is 126 Å². The van der Waals surface area contributed by atoms with Crippen LogP contribution in [0.3, 0.4) is 0 Å². The summed E-state index contributed by atoms with van der Waals surface area (Å²) in [6.45, 7) is 4.66. The molecular formula is C17H25NO3. The van der Waals surface area contributed by atoms with Crippen molar-refractivity contribution in [2.24, 2.45) is 0 Å². The molecule has 1 N–H and O–H groups in total. The summed E-state index contributed by atoms with van der Waals surface area (Å²) in [7, 11) is 1.73. The summed E-state index contributed by atoms with van der Waals surface area (Å²) in [5.41, 5.74) is 2.46. The molecule has 0 radical (unpaired) electrons. The maximum atomic E-state index is 12.1. The number of carboxylic acids is 1. The van der Waals surface area contributed by atoms with Crippen LogP contribution >= 0.6 is 0 Å². The molecule has 1 unspecified atom stereocenters. The van der Waals surface area contributed by atoms with Gasteiger partial charge in [-0.1, -0.05) is 38.1 Å². The quantitative estimate of drug-likeness (QED) is 0.801. The number of nitrogens with zero attached hydrogens (tertiary/aromatic N) is 1. The lowest BCUT2D eigenvalue weighted by Crippen LogP contribution is -2.29. The number of hydrogen-bond donors (Lipinski definition) is 1. The van der Waals surface area contributed by atoms with Crippen molar-refractivity contribution in [3.63, 3.8) is 0 Å². The van der Waals surface area contributed by atoms with Crippen molar-refractivity contribution in [3.8, 4) is 0 Å². The van der Waals surface area contributed by atoms with Crippen molar-refractivity contribution < 1.29 is 14.7 Å². The summed E-state index contributed by atoms with van der Waals surface area (Å²) >= 11 is 0. The number of amides is 1. The molecule has 0 saturated heterocycles. The second-order valence-electron chi connectivity index (χ2n) is 5.51. The van der Waals surface area contributed by atoms with Crippen LogP contribution in [-0.2, 0) is 16.0 Å². The van der Waals surface area contributed by atoms with E-state index >= 15 is 0 Å². The highest BCUT2D eigenvalue weighted by molar-refractivity contribution is 5.76. The van der Waals surface area contributed by atoms with Gasteiger partial charge < -0.3 is 10.0 Å². The highest BCUT2D eigenvalue weighted by atomic mass is 16.4. The molecule has 1 rings (SSSR count). The smallest absolute Gasteiger partial charge is 0.303 e. The molecule has 0 aromatic heterocycles. The number of rotatable bonds is 8. The van der Waals surface area contributed by atoms with E-state index in [1.807, 2.05) is 6.92 Å². The van der Waals surface area contributed by atoms with E-state index in [0.29, 0.717) is 19.4 Å². The van der Waals surface area contributed by atoms with E-state index in [-0.39, 0.29) is 18.2 Å². The molecule has 0 aliphatic carbocycles. The minimum Gasteiger partial charge on any atom is -0.481 e. The molecular weight excluding hydrogens is 266 g/mol. The highest BCUT2D eigenvalue weighted by Gasteiger charge is 2.15. The van der Waals surface area contributed by atoms with Crippen molar-refractivity contribution in [2.45, 2.75) is 45.4 Å². The molecule has 4 heteroatoms. The molecule has 0 fully saturated rings. The summed E-state index contributed by atoms with van der Waals surface area (Å²) in [6.07, 6.45) is 2.07. The van der Waals surface area contributed by atoms with E-state index in [9.17, 15) is 9.59 Å². The van der Waals surface area contributed by atoms with Gasteiger partial charge in [-0.15, -0.1) is 0 Å². The molecule has 0 aliphatic heterocycles. The maximum absolute atomic E-state index is 12.1. The fourth-order valence-corrected chi connectivity index (χ4v) is 2.21. The molecule has 1 aromatic rings. The first-order chi connectivity index (χ1) is 9.93. The van der Waals surface area contributed by atoms with Crippen LogP contribution in [0.15, 0.2) is 24.3 Å². The minimum absolute atomic E-state index is 0.0625. The molecule has 0 aliphatic rings. The molecule has 0 bridgehead atoms. The highest BCUT2D eigenvalue weighted by Crippen LogP contribution is 2.20. The van der Waals surface area contributed by atoms with Crippen molar-refractivity contribution in [1.29, 1.82) is 0 Å². The second kappa shape index (κ2) is 8.45. The number of carbonyl (C=O) groups is 2. The van der Waals surface area contributed by atoms with Gasteiger partial charge in [-0.05, 0) is 29.9 Å². The van der Waals surface area contributed by atoms with Crippen molar-refractivity contribution in [1.82, 2.24) is 4.90 Å². The third kappa shape index (κ3) is 5.98. The zero-order valence-corrected chi connectivity index (χ0v) is 13.1. The van der Waals surface area contributed by atoms with Gasteiger partial charge in [0.25, 0.3) is 0 Å². The zero-order valence-electron chi connectivity index (χ0n) is 13.1. The third-order valence-corrected chi connectivity index (χ3v) is 3.75. The number of aliphatic carboxylic acids is 1. The second-order valence-corrected chi connectivity index (χ2v) is 5.51. The maximum Gasteiger partial charge on any atom is 0.303 e. The van der Waals surface area contributed by atoms with Gasteiger partial charge in [-0.25, -0.2) is 0 Å². The Hall–Kier alpha value is -1.84. The Balaban J connectivity index is 2.46. The molecule has 0 spiro atoms. The van der Waals surface area contributed by atoms with Crippen LogP contribution in [0.5, 0.6) is 0 Å². The van der Waals surface area contributed by atoms with E-state index in [0.717, 1.165) is 6.42 Å². The molecule has 1 aromatic carbocycles. The average Bonchev–Trinajstić information content (AvgIpc) is 2.46. The van der Waals surface area contributed by atoms with Gasteiger partial charge >= 0.3 is 5.97 Å². The summed E-state index contributed by atoms with van der Waals surface area (Å²) in [5.74, 6) is -0.585. The van der Waals surface area contributed by atoms with Gasteiger partial charge in [0.15, 0.2) is 0 Å². The molecule has 116 valence electrons. The van der Waals surface area contributed by atoms with Crippen LogP contribution in [-0.4, -0.2) is 35.5 Å². The Morgan fingerprint density at radius 3 is 2.38 bits per heavy atom. The summed E-state index contributed by atoms with van der Waals surface area (Å²) in [5, 5.41) is 8.60. The lowest BCUT2D eigenvalue weighted by Gasteiger charge is -2.19. The molecule has 0 saturated carbocycles. The van der Waals surface area contributed by atoms with Crippen LogP contribution in [0, 0.1) is 0 Å². The third-order valence-electron chi connectivity index (χ3n) is 3.75. The van der Waals surface area contributed by atoms with Crippen molar-refractivity contribution in [3.05, 3.63) is 35.4 Å². The monoisotopic (exact) mass is 291 g/mol. The SMILES string of the molecule is CCc1ccc(C(C)CC(=O)N(C)CCCC(=O)O)cc1. The first kappa shape index (κ1) is 17.2. The first-order valence-electron chi connectivity index (χ1n) is 7.48. The van der Waals surface area contributed by atoms with Crippen molar-refractivity contribution in [2.75, 3.05) is 13.6 Å². The van der Waals surface area contributed by atoms with Gasteiger partial charge in [0.2, 0.25) is 5.91 Å². The lowest BCUT2D eigenvalue weighted by molar-refractivity contribution is -0.138. The Morgan fingerprint density at radius 1 is 1.24 bits per heavy atom. The van der Waals surface area contributed by atoms with E-state index in [4.69, 9.17) is 5.11 Å². The fourth-order valence-electron chi connectivity index (χ4n) is 2.21. The van der Waals surface area contributed by atoms with Crippen molar-refractivity contribution >= 4 is 11.9 Å². The van der Waals surface area contributed by atoms with Crippen LogP contribution < -0.4 is 0 Å². The Bertz CT molecular complexity index is 467. The number of hydrogen-bond acceptors (Lipinski definition) is 2. The topological polar surface area (TPSA) is 57.6 Å². The molecule has 4 nitrogen and oxygen atoms in total. The van der Waals surface area contributed by atoms with Crippen LogP contribution in [0.1, 0.15) is 50.2 Å². The largest absolute Gasteiger partial charge is 0.481 e. The van der Waals surface area contributed by atoms with E-state index in [1.165, 1.54) is 11.1 Å². The predicted molar refractivity (Wildman–Crippen MR) is 83.4 cm³/mol. The fraction of sp³-hybridized carbons (Fsp3) is 0.529. The van der Waals surface area contributed by atoms with E-state index in [2.05, 4.69) is 31.2 Å². The number of carboxylic acid groups (broad SMARTS) is 1. The Kier molecular flexibility index (Phi) is 6.92. The van der Waals surface area contributed by atoms with Gasteiger partial charge in [-0.2, -0.15) is 0 Å². The van der Waals surface area contributed by atoms with Gasteiger partial charge in [-0.3, -0.25) is 9.59 Å². The minimum atomic E-state index is -0.819. The summed E-state index contributed by atoms with van der Waals surface area (Å²) in [4.78, 5) is 24.2. The van der Waals surface area contributed by atoms with E-state index < -0.39 is 5.97 Å². The molecule has 21 heavy (non-hydrogen) atoms. The average molecular weight is 291 g/mol. The van der Waals surface area contributed by atoms with Gasteiger partial charge in [0.1, 0.15) is 0 Å². The lowest BCUT2D eigenvalue weighted by atomic mass is 9.96. The Morgan fingerprint density at radius 2 is 1.86 bits per heavy atom. The zero-order chi connectivity index (χ0) is 15.8. The van der Waals surface area contributed by atoms with Gasteiger partial charge in [0.05, 0.1) is 0 Å². The first-order valence-corrected chi connectivity index (χ1v) is 7.48. The van der Waals surface area contributed by atoms with Crippen LogP contribution in [0.4, 0.5) is 0 Å². The summed E-state index contributed by atoms with van der Waals surface area (Å²) in [6, 6.07) is 8.38. The van der Waals surface area contributed by atoms with Crippen LogP contribution in [0.2, 0.25) is 0 Å². The predicted octanol–water partition coefficient (Wildman–Crippen LogP) is 3.07. The number of carbonyl (C=O) groups excluding carboxylic acids is 1. The van der Waals surface area contributed by atoms with Crippen LogP contribution in [0.25, 0.3) is 0 Å². The van der Waals surface area contributed by atoms with Gasteiger partial charge in [0, 0.05) is 26.4 Å².